The van der Waals surface area contributed by atoms with Crippen molar-refractivity contribution in [3.05, 3.63) is 41.5 Å². The Morgan fingerprint density at radius 3 is 2.32 bits per heavy atom. The Labute approximate surface area is 145 Å². The van der Waals surface area contributed by atoms with Gasteiger partial charge in [0.05, 0.1) is 12.7 Å². The van der Waals surface area contributed by atoms with Crippen molar-refractivity contribution >= 4 is 10.8 Å². The van der Waals surface area contributed by atoms with Gasteiger partial charge in [-0.05, 0) is 59.6 Å². The second-order valence-electron chi connectivity index (χ2n) is 7.31. The largest absolute Gasteiger partial charge is 0.490 e. The second kappa shape index (κ2) is 6.87. The van der Waals surface area contributed by atoms with Crippen LogP contribution in [0.2, 0.25) is 0 Å². The molecular weight excluding hydrogens is 329 g/mol. The SMILES string of the molecule is C[C@@H]1CC(Oc2ccc3cc(CO)ccc3c2C(F)(F)F)C[C@H](C)C1. The first-order chi connectivity index (χ1) is 11.8. The normalized spacial score (nSPS) is 24.5. The number of fused-ring (bicyclic) bond motifs is 1. The molecule has 136 valence electrons. The van der Waals surface area contributed by atoms with E-state index in [0.717, 1.165) is 19.3 Å². The molecule has 2 aromatic rings. The summed E-state index contributed by atoms with van der Waals surface area (Å²) in [5.74, 6) is 0.814. The zero-order chi connectivity index (χ0) is 18.2. The van der Waals surface area contributed by atoms with Gasteiger partial charge in [0.15, 0.2) is 0 Å². The van der Waals surface area contributed by atoms with Gasteiger partial charge in [0.2, 0.25) is 0 Å². The molecule has 0 aromatic heterocycles. The van der Waals surface area contributed by atoms with Gasteiger partial charge >= 0.3 is 6.18 Å². The molecule has 25 heavy (non-hydrogen) atoms. The summed E-state index contributed by atoms with van der Waals surface area (Å²) in [4.78, 5) is 0. The number of ether oxygens (including phenoxy) is 1. The summed E-state index contributed by atoms with van der Waals surface area (Å²) in [7, 11) is 0. The Morgan fingerprint density at radius 2 is 1.72 bits per heavy atom. The average Bonchev–Trinajstić information content (AvgIpc) is 2.52. The van der Waals surface area contributed by atoms with Crippen molar-refractivity contribution in [2.24, 2.45) is 11.8 Å². The summed E-state index contributed by atoms with van der Waals surface area (Å²) >= 11 is 0. The van der Waals surface area contributed by atoms with Crippen molar-refractivity contribution in [1.29, 1.82) is 0 Å². The molecule has 0 spiro atoms. The van der Waals surface area contributed by atoms with Gasteiger partial charge in [-0.1, -0.05) is 32.0 Å². The van der Waals surface area contributed by atoms with Crippen LogP contribution in [-0.2, 0) is 12.8 Å². The molecule has 1 fully saturated rings. The van der Waals surface area contributed by atoms with E-state index in [9.17, 15) is 18.3 Å². The van der Waals surface area contributed by atoms with Crippen LogP contribution in [0, 0.1) is 11.8 Å². The van der Waals surface area contributed by atoms with E-state index in [-0.39, 0.29) is 23.8 Å². The molecule has 0 radical (unpaired) electrons. The van der Waals surface area contributed by atoms with E-state index in [2.05, 4.69) is 13.8 Å². The van der Waals surface area contributed by atoms with E-state index < -0.39 is 11.7 Å². The fourth-order valence-electron chi connectivity index (χ4n) is 4.00. The number of aliphatic hydroxyl groups excluding tert-OH is 1. The van der Waals surface area contributed by atoms with Crippen LogP contribution < -0.4 is 4.74 Å². The summed E-state index contributed by atoms with van der Waals surface area (Å²) in [6.45, 7) is 4.04. The number of rotatable bonds is 3. The molecule has 1 unspecified atom stereocenters. The third kappa shape index (κ3) is 3.92. The highest BCUT2D eigenvalue weighted by atomic mass is 19.4. The first-order valence-corrected chi connectivity index (χ1v) is 8.68. The molecule has 3 atom stereocenters. The lowest BCUT2D eigenvalue weighted by atomic mass is 9.82. The van der Waals surface area contributed by atoms with Crippen molar-refractivity contribution in [3.63, 3.8) is 0 Å². The van der Waals surface area contributed by atoms with Gasteiger partial charge < -0.3 is 9.84 Å². The Bertz CT molecular complexity index is 744. The lowest BCUT2D eigenvalue weighted by Gasteiger charge is -2.32. The van der Waals surface area contributed by atoms with Gasteiger partial charge in [0.1, 0.15) is 11.3 Å². The van der Waals surface area contributed by atoms with Gasteiger partial charge in [-0.15, -0.1) is 0 Å². The standard InChI is InChI=1S/C20H23F3O2/c1-12-7-13(2)9-16(8-12)25-18-6-4-15-10-14(11-24)3-5-17(15)19(18)20(21,22)23/h3-6,10,12-13,16,24H,7-9,11H2,1-2H3/t12-,13+,16?. The van der Waals surface area contributed by atoms with E-state index in [1.807, 2.05) is 0 Å². The molecule has 0 aliphatic heterocycles. The third-order valence-corrected chi connectivity index (χ3v) is 4.94. The molecule has 0 heterocycles. The first kappa shape index (κ1) is 18.1. The molecule has 3 rings (SSSR count). The van der Waals surface area contributed by atoms with E-state index in [0.29, 0.717) is 22.8 Å². The van der Waals surface area contributed by atoms with E-state index in [1.54, 1.807) is 12.1 Å². The van der Waals surface area contributed by atoms with Crippen LogP contribution in [-0.4, -0.2) is 11.2 Å². The smallest absolute Gasteiger partial charge is 0.420 e. The lowest BCUT2D eigenvalue weighted by molar-refractivity contribution is -0.138. The van der Waals surface area contributed by atoms with Gasteiger partial charge in [-0.3, -0.25) is 0 Å². The van der Waals surface area contributed by atoms with Crippen molar-refractivity contribution in [2.75, 3.05) is 0 Å². The summed E-state index contributed by atoms with van der Waals surface area (Å²) < 4.78 is 47.1. The lowest BCUT2D eigenvalue weighted by Crippen LogP contribution is -2.29. The van der Waals surface area contributed by atoms with Crippen LogP contribution in [0.1, 0.15) is 44.2 Å². The Balaban J connectivity index is 2.02. The van der Waals surface area contributed by atoms with Gasteiger partial charge in [-0.2, -0.15) is 13.2 Å². The predicted molar refractivity (Wildman–Crippen MR) is 91.5 cm³/mol. The maximum atomic E-state index is 13.7. The molecule has 0 amide bonds. The third-order valence-electron chi connectivity index (χ3n) is 4.94. The fourth-order valence-corrected chi connectivity index (χ4v) is 4.00. The number of halogens is 3. The van der Waals surface area contributed by atoms with Crippen LogP contribution in [0.25, 0.3) is 10.8 Å². The minimum atomic E-state index is -4.50. The van der Waals surface area contributed by atoms with Crippen LogP contribution in [0.4, 0.5) is 13.2 Å². The summed E-state index contributed by atoms with van der Waals surface area (Å²) in [6, 6.07) is 7.57. The maximum absolute atomic E-state index is 13.7. The maximum Gasteiger partial charge on any atom is 0.420 e. The van der Waals surface area contributed by atoms with Crippen LogP contribution in [0.3, 0.4) is 0 Å². The Morgan fingerprint density at radius 1 is 1.04 bits per heavy atom. The summed E-state index contributed by atoms with van der Waals surface area (Å²) in [5, 5.41) is 9.77. The minimum absolute atomic E-state index is 0.0944. The molecule has 1 aliphatic rings. The molecule has 0 bridgehead atoms. The Hall–Kier alpha value is -1.75. The first-order valence-electron chi connectivity index (χ1n) is 8.68. The molecule has 2 nitrogen and oxygen atoms in total. The number of hydrogen-bond donors (Lipinski definition) is 1. The van der Waals surface area contributed by atoms with Crippen molar-refractivity contribution in [1.82, 2.24) is 0 Å². The quantitative estimate of drug-likeness (QED) is 0.784. The number of benzene rings is 2. The minimum Gasteiger partial charge on any atom is -0.490 e. The van der Waals surface area contributed by atoms with Crippen LogP contribution in [0.15, 0.2) is 30.3 Å². The number of aliphatic hydroxyl groups is 1. The topological polar surface area (TPSA) is 29.5 Å². The highest BCUT2D eigenvalue weighted by molar-refractivity contribution is 5.89. The molecule has 1 saturated carbocycles. The van der Waals surface area contributed by atoms with Gasteiger partial charge in [0, 0.05) is 0 Å². The summed E-state index contributed by atoms with van der Waals surface area (Å²) in [6.07, 6.45) is -2.03. The monoisotopic (exact) mass is 352 g/mol. The molecule has 0 saturated heterocycles. The van der Waals surface area contributed by atoms with Crippen molar-refractivity contribution in [2.45, 2.75) is 52.0 Å². The zero-order valence-corrected chi connectivity index (χ0v) is 14.4. The second-order valence-corrected chi connectivity index (χ2v) is 7.31. The number of hydrogen-bond acceptors (Lipinski definition) is 2. The molecule has 1 aliphatic carbocycles. The predicted octanol–water partition coefficient (Wildman–Crippen LogP) is 5.55. The molecule has 2 aromatic carbocycles. The average molecular weight is 352 g/mol. The van der Waals surface area contributed by atoms with Crippen molar-refractivity contribution in [3.8, 4) is 5.75 Å². The van der Waals surface area contributed by atoms with Crippen LogP contribution in [0.5, 0.6) is 5.75 Å². The van der Waals surface area contributed by atoms with Crippen LogP contribution >= 0.6 is 0 Å². The number of alkyl halides is 3. The zero-order valence-electron chi connectivity index (χ0n) is 14.4. The van der Waals surface area contributed by atoms with E-state index in [4.69, 9.17) is 4.74 Å². The molecule has 5 heteroatoms. The molecular formula is C20H23F3O2. The fraction of sp³-hybridized carbons (Fsp3) is 0.500. The van der Waals surface area contributed by atoms with Crippen molar-refractivity contribution < 1.29 is 23.0 Å². The summed E-state index contributed by atoms with van der Waals surface area (Å²) in [5.41, 5.74) is -0.135. The highest BCUT2D eigenvalue weighted by Gasteiger charge is 2.37. The van der Waals surface area contributed by atoms with Gasteiger partial charge in [0.25, 0.3) is 0 Å². The van der Waals surface area contributed by atoms with Gasteiger partial charge in [-0.25, -0.2) is 0 Å². The Kier molecular flexibility index (Phi) is 4.96. The molecule has 1 N–H and O–H groups in total. The van der Waals surface area contributed by atoms with E-state index >= 15 is 0 Å². The highest BCUT2D eigenvalue weighted by Crippen LogP contribution is 2.43. The van der Waals surface area contributed by atoms with E-state index in [1.165, 1.54) is 18.2 Å².